The topological polar surface area (TPSA) is 93.1 Å². The van der Waals surface area contributed by atoms with E-state index >= 15 is 0 Å². The Morgan fingerprint density at radius 3 is 2.26 bits per heavy atom. The molecule has 1 aromatic heterocycles. The van der Waals surface area contributed by atoms with Gasteiger partial charge in [0.2, 0.25) is 5.91 Å². The molecule has 0 radical (unpaired) electrons. The Bertz CT molecular complexity index is 1070. The molecule has 1 aliphatic carbocycles. The van der Waals surface area contributed by atoms with E-state index < -0.39 is 5.91 Å². The van der Waals surface area contributed by atoms with Crippen molar-refractivity contribution in [1.29, 1.82) is 0 Å². The predicted octanol–water partition coefficient (Wildman–Crippen LogP) is 1.95. The molecule has 0 saturated heterocycles. The molecule has 2 N–H and O–H groups in total. The summed E-state index contributed by atoms with van der Waals surface area (Å²) in [4.78, 5) is 37.5. The Morgan fingerprint density at radius 2 is 1.59 bits per heavy atom. The fraction of sp³-hybridized carbons (Fsp3) is 0.200. The van der Waals surface area contributed by atoms with Gasteiger partial charge in [0.15, 0.2) is 5.69 Å². The van der Waals surface area contributed by atoms with Gasteiger partial charge in [-0.2, -0.15) is 9.78 Å². The zero-order valence-electron chi connectivity index (χ0n) is 14.5. The second-order valence-corrected chi connectivity index (χ2v) is 6.52. The van der Waals surface area contributed by atoms with Gasteiger partial charge in [0, 0.05) is 11.3 Å². The molecule has 1 aliphatic rings. The standard InChI is InChI=1S/C20H18N4O3/c25-18(13-7-6-8-13)21-22-19(26)17-15-11-4-5-12-16(15)20(27)24(23-17)14-9-2-1-3-10-14/h1-5,9-13H,6-8H2,(H,21,25)(H,22,26). The molecular formula is C20H18N4O3. The second kappa shape index (κ2) is 7.03. The summed E-state index contributed by atoms with van der Waals surface area (Å²) in [7, 11) is 0. The van der Waals surface area contributed by atoms with Crippen molar-refractivity contribution >= 4 is 22.6 Å². The van der Waals surface area contributed by atoms with Crippen LogP contribution in [0.1, 0.15) is 29.8 Å². The smallest absolute Gasteiger partial charge is 0.273 e. The number of para-hydroxylation sites is 1. The van der Waals surface area contributed by atoms with Crippen LogP contribution in [0.3, 0.4) is 0 Å². The van der Waals surface area contributed by atoms with Crippen molar-refractivity contribution in [3.63, 3.8) is 0 Å². The number of benzene rings is 2. The van der Waals surface area contributed by atoms with E-state index in [1.165, 1.54) is 4.68 Å². The summed E-state index contributed by atoms with van der Waals surface area (Å²) in [6.45, 7) is 0. The molecule has 1 heterocycles. The van der Waals surface area contributed by atoms with Gasteiger partial charge in [0.1, 0.15) is 0 Å². The van der Waals surface area contributed by atoms with Crippen molar-refractivity contribution in [3.05, 3.63) is 70.6 Å². The van der Waals surface area contributed by atoms with Crippen LogP contribution in [0, 0.1) is 5.92 Å². The Balaban J connectivity index is 1.72. The van der Waals surface area contributed by atoms with Crippen LogP contribution in [0.4, 0.5) is 0 Å². The van der Waals surface area contributed by atoms with Gasteiger partial charge in [0.25, 0.3) is 11.5 Å². The maximum Gasteiger partial charge on any atom is 0.290 e. The molecule has 27 heavy (non-hydrogen) atoms. The van der Waals surface area contributed by atoms with Crippen molar-refractivity contribution < 1.29 is 9.59 Å². The molecule has 4 rings (SSSR count). The van der Waals surface area contributed by atoms with E-state index in [0.717, 1.165) is 19.3 Å². The minimum atomic E-state index is -0.566. The molecule has 0 unspecified atom stereocenters. The lowest BCUT2D eigenvalue weighted by Crippen LogP contribution is -2.46. The molecule has 3 aromatic rings. The van der Waals surface area contributed by atoms with Gasteiger partial charge in [-0.15, -0.1) is 0 Å². The summed E-state index contributed by atoms with van der Waals surface area (Å²) in [6.07, 6.45) is 2.70. The number of hydrazine groups is 1. The molecular weight excluding hydrogens is 344 g/mol. The van der Waals surface area contributed by atoms with Crippen molar-refractivity contribution in [3.8, 4) is 5.69 Å². The number of fused-ring (bicyclic) bond motifs is 1. The molecule has 7 nitrogen and oxygen atoms in total. The number of amides is 2. The van der Waals surface area contributed by atoms with Crippen LogP contribution < -0.4 is 16.4 Å². The third kappa shape index (κ3) is 3.19. The number of rotatable bonds is 3. The van der Waals surface area contributed by atoms with E-state index in [0.29, 0.717) is 16.5 Å². The highest BCUT2D eigenvalue weighted by Gasteiger charge is 2.26. The molecule has 0 atom stereocenters. The number of hydrogen-bond donors (Lipinski definition) is 2. The Kier molecular flexibility index (Phi) is 4.42. The fourth-order valence-electron chi connectivity index (χ4n) is 3.05. The average Bonchev–Trinajstić information content (AvgIpc) is 2.66. The van der Waals surface area contributed by atoms with Gasteiger partial charge in [-0.3, -0.25) is 25.2 Å². The number of carbonyl (C=O) groups is 2. The largest absolute Gasteiger partial charge is 0.290 e. The summed E-state index contributed by atoms with van der Waals surface area (Å²) in [6, 6.07) is 15.7. The van der Waals surface area contributed by atoms with E-state index in [1.807, 2.05) is 6.07 Å². The average molecular weight is 362 g/mol. The third-order valence-electron chi connectivity index (χ3n) is 4.80. The van der Waals surface area contributed by atoms with Gasteiger partial charge in [-0.05, 0) is 31.0 Å². The maximum absolute atomic E-state index is 12.8. The number of carbonyl (C=O) groups excluding carboxylic acids is 2. The van der Waals surface area contributed by atoms with Crippen molar-refractivity contribution in [2.24, 2.45) is 5.92 Å². The van der Waals surface area contributed by atoms with Gasteiger partial charge < -0.3 is 0 Å². The van der Waals surface area contributed by atoms with Crippen LogP contribution in [-0.2, 0) is 4.79 Å². The van der Waals surface area contributed by atoms with Gasteiger partial charge >= 0.3 is 0 Å². The van der Waals surface area contributed by atoms with Crippen molar-refractivity contribution in [2.75, 3.05) is 0 Å². The Hall–Kier alpha value is -3.48. The monoisotopic (exact) mass is 362 g/mol. The van der Waals surface area contributed by atoms with Crippen LogP contribution in [0.5, 0.6) is 0 Å². The van der Waals surface area contributed by atoms with E-state index in [1.54, 1.807) is 48.5 Å². The fourth-order valence-corrected chi connectivity index (χ4v) is 3.05. The number of hydrogen-bond acceptors (Lipinski definition) is 4. The van der Waals surface area contributed by atoms with Crippen LogP contribution in [0.25, 0.3) is 16.5 Å². The molecule has 136 valence electrons. The first-order chi connectivity index (χ1) is 13.1. The van der Waals surface area contributed by atoms with Crippen LogP contribution in [0.15, 0.2) is 59.4 Å². The quantitative estimate of drug-likeness (QED) is 0.697. The molecule has 2 amide bonds. The molecule has 0 bridgehead atoms. The SMILES string of the molecule is O=C(NNC(=O)C1CCC1)c1nn(-c2ccccc2)c(=O)c2ccccc12. The first-order valence-electron chi connectivity index (χ1n) is 8.83. The second-order valence-electron chi connectivity index (χ2n) is 6.52. The molecule has 7 heteroatoms. The van der Waals surface area contributed by atoms with E-state index in [4.69, 9.17) is 0 Å². The minimum absolute atomic E-state index is 0.0479. The molecule has 1 saturated carbocycles. The van der Waals surface area contributed by atoms with Crippen LogP contribution >= 0.6 is 0 Å². The highest BCUT2D eigenvalue weighted by atomic mass is 16.2. The molecule has 0 aliphatic heterocycles. The zero-order chi connectivity index (χ0) is 18.8. The minimum Gasteiger partial charge on any atom is -0.273 e. The summed E-state index contributed by atoms with van der Waals surface area (Å²) < 4.78 is 1.20. The number of nitrogens with one attached hydrogen (secondary N) is 2. The summed E-state index contributed by atoms with van der Waals surface area (Å²) in [5, 5.41) is 5.08. The highest BCUT2D eigenvalue weighted by Crippen LogP contribution is 2.25. The normalized spacial score (nSPS) is 13.8. The predicted molar refractivity (Wildman–Crippen MR) is 100 cm³/mol. The molecule has 2 aromatic carbocycles. The van der Waals surface area contributed by atoms with Crippen LogP contribution in [0.2, 0.25) is 0 Å². The van der Waals surface area contributed by atoms with Gasteiger partial charge in [-0.1, -0.05) is 42.8 Å². The van der Waals surface area contributed by atoms with Crippen LogP contribution in [-0.4, -0.2) is 21.6 Å². The lowest BCUT2D eigenvalue weighted by molar-refractivity contribution is -0.128. The molecule has 0 spiro atoms. The van der Waals surface area contributed by atoms with Crippen molar-refractivity contribution in [1.82, 2.24) is 20.6 Å². The lowest BCUT2D eigenvalue weighted by atomic mass is 9.85. The third-order valence-corrected chi connectivity index (χ3v) is 4.80. The highest BCUT2D eigenvalue weighted by molar-refractivity contribution is 6.05. The number of aromatic nitrogens is 2. The van der Waals surface area contributed by atoms with Gasteiger partial charge in [-0.25, -0.2) is 0 Å². The van der Waals surface area contributed by atoms with E-state index in [9.17, 15) is 14.4 Å². The maximum atomic E-state index is 12.8. The van der Waals surface area contributed by atoms with Crippen molar-refractivity contribution in [2.45, 2.75) is 19.3 Å². The zero-order valence-corrected chi connectivity index (χ0v) is 14.5. The van der Waals surface area contributed by atoms with E-state index in [-0.39, 0.29) is 23.1 Å². The van der Waals surface area contributed by atoms with E-state index in [2.05, 4.69) is 16.0 Å². The number of nitrogens with zero attached hydrogens (tertiary/aromatic N) is 2. The first kappa shape index (κ1) is 17.0. The first-order valence-corrected chi connectivity index (χ1v) is 8.83. The lowest BCUT2D eigenvalue weighted by Gasteiger charge is -2.24. The summed E-state index contributed by atoms with van der Waals surface area (Å²) >= 11 is 0. The summed E-state index contributed by atoms with van der Waals surface area (Å²) in [5.41, 5.74) is 5.19. The Morgan fingerprint density at radius 1 is 0.926 bits per heavy atom. The van der Waals surface area contributed by atoms with Gasteiger partial charge in [0.05, 0.1) is 11.1 Å². The summed E-state index contributed by atoms with van der Waals surface area (Å²) in [5.74, 6) is -0.813. The Labute approximate surface area is 155 Å². The molecule has 1 fully saturated rings.